The van der Waals surface area contributed by atoms with Crippen LogP contribution >= 0.6 is 0 Å². The van der Waals surface area contributed by atoms with Gasteiger partial charge in [0.1, 0.15) is 0 Å². The van der Waals surface area contributed by atoms with Gasteiger partial charge in [-0.2, -0.15) is 0 Å². The van der Waals surface area contributed by atoms with E-state index in [-0.39, 0.29) is 11.6 Å². The van der Waals surface area contributed by atoms with E-state index < -0.39 is 5.60 Å². The summed E-state index contributed by atoms with van der Waals surface area (Å²) in [6.45, 7) is 9.67. The molecule has 0 radical (unpaired) electrons. The Morgan fingerprint density at radius 1 is 1.50 bits per heavy atom. The van der Waals surface area contributed by atoms with E-state index in [1.807, 2.05) is 6.92 Å². The van der Waals surface area contributed by atoms with E-state index in [4.69, 9.17) is 4.74 Å². The van der Waals surface area contributed by atoms with Crippen molar-refractivity contribution in [2.24, 2.45) is 0 Å². The summed E-state index contributed by atoms with van der Waals surface area (Å²) in [5, 5.41) is 13.6. The van der Waals surface area contributed by atoms with Crippen LogP contribution in [0.25, 0.3) is 0 Å². The molecule has 2 unspecified atom stereocenters. The van der Waals surface area contributed by atoms with Crippen LogP contribution < -0.4 is 5.32 Å². The Morgan fingerprint density at radius 2 is 2.14 bits per heavy atom. The van der Waals surface area contributed by atoms with Crippen molar-refractivity contribution in [3.05, 3.63) is 0 Å². The minimum absolute atomic E-state index is 0.0667. The van der Waals surface area contributed by atoms with Gasteiger partial charge in [-0.05, 0) is 27.7 Å². The highest BCUT2D eigenvalue weighted by Gasteiger charge is 2.33. The van der Waals surface area contributed by atoms with Gasteiger partial charge in [0, 0.05) is 31.5 Å². The molecule has 2 atom stereocenters. The van der Waals surface area contributed by atoms with Crippen molar-refractivity contribution in [3.63, 3.8) is 0 Å². The van der Waals surface area contributed by atoms with E-state index >= 15 is 0 Å². The zero-order chi connectivity index (χ0) is 10.8. The molecule has 1 aliphatic rings. The maximum Gasteiger partial charge on any atom is 0.0818 e. The van der Waals surface area contributed by atoms with Gasteiger partial charge >= 0.3 is 0 Å². The normalized spacial score (nSPS) is 34.5. The first kappa shape index (κ1) is 12.0. The first-order valence-corrected chi connectivity index (χ1v) is 5.40. The molecular formula is C11H23NO2. The van der Waals surface area contributed by atoms with E-state index in [1.54, 1.807) is 0 Å². The average molecular weight is 201 g/mol. The molecule has 1 fully saturated rings. The second kappa shape index (κ2) is 4.17. The minimum atomic E-state index is -0.578. The molecule has 3 nitrogen and oxygen atoms in total. The fourth-order valence-corrected chi connectivity index (χ4v) is 1.74. The number of β-amino-alcohol motifs (C(OH)–C–C–N with tert-alkyl or cyclic N) is 1. The fourth-order valence-electron chi connectivity index (χ4n) is 1.74. The Hall–Kier alpha value is -0.120. The molecule has 1 saturated heterocycles. The van der Waals surface area contributed by atoms with Crippen LogP contribution in [0.15, 0.2) is 0 Å². The van der Waals surface area contributed by atoms with Gasteiger partial charge in [0.25, 0.3) is 0 Å². The van der Waals surface area contributed by atoms with Gasteiger partial charge in [0.15, 0.2) is 0 Å². The van der Waals surface area contributed by atoms with E-state index in [0.29, 0.717) is 13.2 Å². The zero-order valence-electron chi connectivity index (χ0n) is 9.76. The van der Waals surface area contributed by atoms with Crippen LogP contribution in [-0.4, -0.2) is 35.5 Å². The third-order valence-corrected chi connectivity index (χ3v) is 2.58. The predicted molar refractivity (Wildman–Crippen MR) is 57.4 cm³/mol. The highest BCUT2D eigenvalue weighted by Crippen LogP contribution is 2.24. The summed E-state index contributed by atoms with van der Waals surface area (Å²) in [6, 6.07) is 0. The smallest absolute Gasteiger partial charge is 0.0818 e. The molecule has 1 rings (SSSR count). The standard InChI is InChI=1S/C11H23NO2/c1-9-7-11(13,5-6-14-9)8-12-10(2,3)4/h9,12-13H,5-8H2,1-4H3. The highest BCUT2D eigenvalue weighted by molar-refractivity contribution is 4.88. The van der Waals surface area contributed by atoms with Crippen molar-refractivity contribution in [3.8, 4) is 0 Å². The van der Waals surface area contributed by atoms with Crippen molar-refractivity contribution >= 4 is 0 Å². The van der Waals surface area contributed by atoms with Crippen LogP contribution in [0.4, 0.5) is 0 Å². The van der Waals surface area contributed by atoms with Crippen LogP contribution in [0, 0.1) is 0 Å². The first-order valence-electron chi connectivity index (χ1n) is 5.40. The zero-order valence-corrected chi connectivity index (χ0v) is 9.76. The van der Waals surface area contributed by atoms with Crippen LogP contribution in [0.1, 0.15) is 40.5 Å². The summed E-state index contributed by atoms with van der Waals surface area (Å²) in [6.07, 6.45) is 1.65. The van der Waals surface area contributed by atoms with Gasteiger partial charge in [-0.15, -0.1) is 0 Å². The average Bonchev–Trinajstić information content (AvgIpc) is 1.99. The highest BCUT2D eigenvalue weighted by atomic mass is 16.5. The topological polar surface area (TPSA) is 41.5 Å². The monoisotopic (exact) mass is 201 g/mol. The Kier molecular flexibility index (Phi) is 3.56. The Morgan fingerprint density at radius 3 is 2.64 bits per heavy atom. The number of hydrogen-bond donors (Lipinski definition) is 2. The van der Waals surface area contributed by atoms with Gasteiger partial charge < -0.3 is 15.2 Å². The minimum Gasteiger partial charge on any atom is -0.388 e. The van der Waals surface area contributed by atoms with E-state index in [2.05, 4.69) is 26.1 Å². The van der Waals surface area contributed by atoms with Crippen molar-refractivity contribution < 1.29 is 9.84 Å². The Labute approximate surface area is 86.8 Å². The lowest BCUT2D eigenvalue weighted by Crippen LogP contribution is -2.51. The van der Waals surface area contributed by atoms with E-state index in [1.165, 1.54) is 0 Å². The fraction of sp³-hybridized carbons (Fsp3) is 1.00. The maximum atomic E-state index is 10.3. The number of rotatable bonds is 2. The molecule has 84 valence electrons. The van der Waals surface area contributed by atoms with Crippen LogP contribution in [-0.2, 0) is 4.74 Å². The van der Waals surface area contributed by atoms with Gasteiger partial charge in [-0.3, -0.25) is 0 Å². The van der Waals surface area contributed by atoms with Crippen molar-refractivity contribution in [2.75, 3.05) is 13.2 Å². The molecule has 0 aromatic heterocycles. The Bertz CT molecular complexity index is 188. The quantitative estimate of drug-likeness (QED) is 0.707. The van der Waals surface area contributed by atoms with Crippen LogP contribution in [0.2, 0.25) is 0 Å². The molecule has 0 aromatic rings. The summed E-state index contributed by atoms with van der Waals surface area (Å²) in [7, 11) is 0. The molecule has 0 aromatic carbocycles. The number of hydrogen-bond acceptors (Lipinski definition) is 3. The summed E-state index contributed by atoms with van der Waals surface area (Å²) in [5.74, 6) is 0. The molecule has 1 aliphatic heterocycles. The van der Waals surface area contributed by atoms with Crippen molar-refractivity contribution in [1.82, 2.24) is 5.32 Å². The number of aliphatic hydroxyl groups is 1. The molecule has 14 heavy (non-hydrogen) atoms. The molecule has 0 saturated carbocycles. The van der Waals surface area contributed by atoms with Crippen molar-refractivity contribution in [1.29, 1.82) is 0 Å². The summed E-state index contributed by atoms with van der Waals surface area (Å²) < 4.78 is 5.42. The van der Waals surface area contributed by atoms with E-state index in [9.17, 15) is 5.11 Å². The summed E-state index contributed by atoms with van der Waals surface area (Å²) in [4.78, 5) is 0. The molecule has 3 heteroatoms. The summed E-state index contributed by atoms with van der Waals surface area (Å²) >= 11 is 0. The molecule has 0 bridgehead atoms. The first-order chi connectivity index (χ1) is 6.31. The molecule has 0 aliphatic carbocycles. The lowest BCUT2D eigenvalue weighted by Gasteiger charge is -2.37. The second-order valence-corrected chi connectivity index (χ2v) is 5.46. The number of ether oxygens (including phenoxy) is 1. The summed E-state index contributed by atoms with van der Waals surface area (Å²) in [5.41, 5.74) is -0.512. The third kappa shape index (κ3) is 3.95. The third-order valence-electron chi connectivity index (χ3n) is 2.58. The maximum absolute atomic E-state index is 10.3. The van der Waals surface area contributed by atoms with Crippen LogP contribution in [0.3, 0.4) is 0 Å². The van der Waals surface area contributed by atoms with Gasteiger partial charge in [0.2, 0.25) is 0 Å². The predicted octanol–water partition coefficient (Wildman–Crippen LogP) is 1.30. The van der Waals surface area contributed by atoms with Gasteiger partial charge in [0.05, 0.1) is 11.7 Å². The van der Waals surface area contributed by atoms with Crippen molar-refractivity contribution in [2.45, 2.75) is 57.8 Å². The SMILES string of the molecule is CC1CC(O)(CNC(C)(C)C)CCO1. The lowest BCUT2D eigenvalue weighted by atomic mass is 9.90. The second-order valence-electron chi connectivity index (χ2n) is 5.46. The lowest BCUT2D eigenvalue weighted by molar-refractivity contribution is -0.0968. The molecule has 1 heterocycles. The van der Waals surface area contributed by atoms with Gasteiger partial charge in [-0.1, -0.05) is 0 Å². The molecule has 0 spiro atoms. The largest absolute Gasteiger partial charge is 0.388 e. The molecule has 0 amide bonds. The molecular weight excluding hydrogens is 178 g/mol. The van der Waals surface area contributed by atoms with E-state index in [0.717, 1.165) is 12.8 Å². The molecule has 2 N–H and O–H groups in total. The Balaban J connectivity index is 2.41. The number of nitrogens with one attached hydrogen (secondary N) is 1. The van der Waals surface area contributed by atoms with Crippen LogP contribution in [0.5, 0.6) is 0 Å². The van der Waals surface area contributed by atoms with Gasteiger partial charge in [-0.25, -0.2) is 0 Å².